The fourth-order valence-corrected chi connectivity index (χ4v) is 6.46. The molecule has 0 aliphatic carbocycles. The maximum absolute atomic E-state index is 14.5. The van der Waals surface area contributed by atoms with Gasteiger partial charge in [-0.1, -0.05) is 41.4 Å². The molecule has 14 heteroatoms. The quantitative estimate of drug-likeness (QED) is 0.342. The van der Waals surface area contributed by atoms with Crippen molar-refractivity contribution in [3.63, 3.8) is 0 Å². The van der Waals surface area contributed by atoms with Crippen molar-refractivity contribution in [1.82, 2.24) is 29.7 Å². The van der Waals surface area contributed by atoms with E-state index >= 15 is 0 Å². The van der Waals surface area contributed by atoms with Gasteiger partial charge >= 0.3 is 0 Å². The fraction of sp³-hybridized carbons (Fsp3) is 0.385. The molecule has 2 amide bonds. The number of likely N-dealkylation sites (tertiary alicyclic amines) is 1. The summed E-state index contributed by atoms with van der Waals surface area (Å²) >= 11 is 9.30. The summed E-state index contributed by atoms with van der Waals surface area (Å²) in [6.45, 7) is 4.11. The summed E-state index contributed by atoms with van der Waals surface area (Å²) in [5, 5.41) is 7.49. The molecule has 2 heterocycles. The third-order valence-corrected chi connectivity index (χ3v) is 8.72. The molecule has 0 spiro atoms. The first-order valence-corrected chi connectivity index (χ1v) is 15.3. The van der Waals surface area contributed by atoms with Gasteiger partial charge in [-0.15, -0.1) is 0 Å². The summed E-state index contributed by atoms with van der Waals surface area (Å²) in [6.07, 6.45) is 4.10. The summed E-state index contributed by atoms with van der Waals surface area (Å²) in [5.41, 5.74) is 1.39. The van der Waals surface area contributed by atoms with E-state index in [2.05, 4.69) is 36.1 Å². The van der Waals surface area contributed by atoms with E-state index in [9.17, 15) is 22.4 Å². The number of hydrogen-bond acceptors (Lipinski definition) is 6. The van der Waals surface area contributed by atoms with E-state index in [-0.39, 0.29) is 24.8 Å². The Bertz CT molecular complexity index is 1490. The van der Waals surface area contributed by atoms with E-state index in [4.69, 9.17) is 11.6 Å². The molecule has 0 unspecified atom stereocenters. The lowest BCUT2D eigenvalue weighted by molar-refractivity contribution is -0.140. The predicted molar refractivity (Wildman–Crippen MR) is 151 cm³/mol. The normalized spacial score (nSPS) is 16.4. The molecule has 2 aromatic carbocycles. The van der Waals surface area contributed by atoms with E-state index < -0.39 is 38.7 Å². The summed E-state index contributed by atoms with van der Waals surface area (Å²) in [6, 6.07) is 6.81. The average molecular weight is 656 g/mol. The lowest BCUT2D eigenvalue weighted by Crippen LogP contribution is -2.53. The van der Waals surface area contributed by atoms with Gasteiger partial charge in [0.05, 0.1) is 5.69 Å². The minimum absolute atomic E-state index is 0.0562. The largest absolute Gasteiger partial charge is 0.350 e. The van der Waals surface area contributed by atoms with Crippen LogP contribution in [0, 0.1) is 11.7 Å². The molecule has 1 aliphatic heterocycles. The van der Waals surface area contributed by atoms with Gasteiger partial charge in [-0.3, -0.25) is 9.59 Å². The van der Waals surface area contributed by atoms with E-state index in [0.29, 0.717) is 40.1 Å². The van der Waals surface area contributed by atoms with Crippen molar-refractivity contribution >= 4 is 49.4 Å². The highest BCUT2D eigenvalue weighted by atomic mass is 79.9. The van der Waals surface area contributed by atoms with Crippen molar-refractivity contribution in [2.45, 2.75) is 56.6 Å². The van der Waals surface area contributed by atoms with Crippen LogP contribution in [0.15, 0.2) is 58.4 Å². The van der Waals surface area contributed by atoms with Crippen LogP contribution >= 0.6 is 27.5 Å². The third-order valence-electron chi connectivity index (χ3n) is 6.48. The molecule has 1 saturated heterocycles. The number of aromatic nitrogens is 3. The van der Waals surface area contributed by atoms with E-state index in [1.807, 2.05) is 13.8 Å². The van der Waals surface area contributed by atoms with Crippen LogP contribution in [0.2, 0.25) is 5.02 Å². The summed E-state index contributed by atoms with van der Waals surface area (Å²) in [7, 11) is -4.36. The van der Waals surface area contributed by atoms with Gasteiger partial charge < -0.3 is 10.2 Å². The van der Waals surface area contributed by atoms with Gasteiger partial charge in [0.1, 0.15) is 35.5 Å². The molecule has 0 radical (unpaired) electrons. The Morgan fingerprint density at radius 3 is 2.67 bits per heavy atom. The molecular weight excluding hydrogens is 627 g/mol. The molecule has 1 aliphatic rings. The number of carbonyl (C=O) groups excluding carboxylic acids is 2. The molecule has 1 aromatic heterocycles. The number of benzene rings is 2. The van der Waals surface area contributed by atoms with Gasteiger partial charge in [0.15, 0.2) is 0 Å². The zero-order valence-electron chi connectivity index (χ0n) is 21.9. The van der Waals surface area contributed by atoms with Crippen LogP contribution in [0.5, 0.6) is 0 Å². The Labute approximate surface area is 245 Å². The minimum Gasteiger partial charge on any atom is -0.350 e. The van der Waals surface area contributed by atoms with Crippen molar-refractivity contribution < 1.29 is 22.4 Å². The Kier molecular flexibility index (Phi) is 9.60. The Morgan fingerprint density at radius 2 is 2.00 bits per heavy atom. The van der Waals surface area contributed by atoms with Crippen LogP contribution < -0.4 is 10.0 Å². The Balaban J connectivity index is 1.50. The van der Waals surface area contributed by atoms with E-state index in [1.54, 1.807) is 22.9 Å². The maximum atomic E-state index is 14.5. The Morgan fingerprint density at radius 1 is 1.23 bits per heavy atom. The van der Waals surface area contributed by atoms with Crippen LogP contribution in [-0.2, 0) is 26.2 Å². The first-order chi connectivity index (χ1) is 19.0. The van der Waals surface area contributed by atoms with Crippen LogP contribution in [0.1, 0.15) is 38.7 Å². The van der Waals surface area contributed by atoms with Gasteiger partial charge in [0, 0.05) is 22.6 Å². The van der Waals surface area contributed by atoms with Crippen LogP contribution in [0.25, 0.3) is 5.69 Å². The third kappa shape index (κ3) is 7.06. The second-order valence-corrected chi connectivity index (χ2v) is 12.9. The van der Waals surface area contributed by atoms with Crippen molar-refractivity contribution in [3.8, 4) is 5.69 Å². The van der Waals surface area contributed by atoms with Gasteiger partial charge in [-0.2, -0.15) is 9.82 Å². The van der Waals surface area contributed by atoms with Crippen molar-refractivity contribution in [2.75, 3.05) is 6.54 Å². The number of nitrogens with zero attached hydrogens (tertiary/aromatic N) is 4. The fourth-order valence-electron chi connectivity index (χ4n) is 4.67. The van der Waals surface area contributed by atoms with Crippen LogP contribution in [0.3, 0.4) is 0 Å². The number of sulfonamides is 1. The predicted octanol–water partition coefficient (Wildman–Crippen LogP) is 3.82. The number of halogens is 3. The van der Waals surface area contributed by atoms with Gasteiger partial charge in [0.25, 0.3) is 0 Å². The van der Waals surface area contributed by atoms with Crippen LogP contribution in [0.4, 0.5) is 4.39 Å². The van der Waals surface area contributed by atoms with Crippen molar-refractivity contribution in [3.05, 3.63) is 69.9 Å². The second kappa shape index (κ2) is 12.8. The molecule has 4 rings (SSSR count). The first kappa shape index (κ1) is 30.1. The smallest absolute Gasteiger partial charge is 0.244 e. The molecule has 1 fully saturated rings. The zero-order valence-corrected chi connectivity index (χ0v) is 25.0. The van der Waals surface area contributed by atoms with Gasteiger partial charge in [0.2, 0.25) is 21.8 Å². The summed E-state index contributed by atoms with van der Waals surface area (Å²) < 4.78 is 44.9. The summed E-state index contributed by atoms with van der Waals surface area (Å²) in [4.78, 5) is 31.7. The van der Waals surface area contributed by atoms with Crippen molar-refractivity contribution in [1.29, 1.82) is 0 Å². The SMILES string of the molecule is CC(C)C[C@H](NS(=O)(=O)c1ccc(Br)cc1F)C(=O)N1CCC[C@H]1C(=O)NCc1cc(Cl)ccc1-n1cncn1. The molecule has 0 saturated carbocycles. The molecule has 3 aromatic rings. The Hall–Kier alpha value is -2.87. The monoisotopic (exact) mass is 654 g/mol. The zero-order chi connectivity index (χ0) is 29.0. The van der Waals surface area contributed by atoms with Gasteiger partial charge in [-0.05, 0) is 67.1 Å². The average Bonchev–Trinajstić information content (AvgIpc) is 3.58. The molecule has 214 valence electrons. The maximum Gasteiger partial charge on any atom is 0.244 e. The highest BCUT2D eigenvalue weighted by molar-refractivity contribution is 9.10. The number of hydrogen-bond donors (Lipinski definition) is 2. The number of carbonyl (C=O) groups is 2. The lowest BCUT2D eigenvalue weighted by Gasteiger charge is -2.29. The minimum atomic E-state index is -4.36. The van der Waals surface area contributed by atoms with E-state index in [0.717, 1.165) is 12.1 Å². The molecule has 40 heavy (non-hydrogen) atoms. The van der Waals surface area contributed by atoms with E-state index in [1.165, 1.54) is 23.6 Å². The molecular formula is C26H29BrClFN6O4S. The topological polar surface area (TPSA) is 126 Å². The number of rotatable bonds is 10. The molecule has 0 bridgehead atoms. The highest BCUT2D eigenvalue weighted by Crippen LogP contribution is 2.24. The first-order valence-electron chi connectivity index (χ1n) is 12.6. The molecule has 10 nitrogen and oxygen atoms in total. The molecule has 2 N–H and O–H groups in total. The summed E-state index contributed by atoms with van der Waals surface area (Å²) in [5.74, 6) is -1.90. The number of nitrogens with one attached hydrogen (secondary N) is 2. The van der Waals surface area contributed by atoms with Crippen molar-refractivity contribution in [2.24, 2.45) is 5.92 Å². The highest BCUT2D eigenvalue weighted by Gasteiger charge is 2.39. The van der Waals surface area contributed by atoms with Gasteiger partial charge in [-0.25, -0.2) is 22.5 Å². The van der Waals surface area contributed by atoms with Crippen LogP contribution in [-0.4, -0.2) is 58.5 Å². The second-order valence-electron chi connectivity index (χ2n) is 9.90. The molecule has 2 atom stereocenters. The standard InChI is InChI=1S/C26H29BrClFN6O4S/c1-16(2)10-21(33-40(38,39)24-8-5-18(27)12-20(24)29)26(37)34-9-3-4-23(34)25(36)31-13-17-11-19(28)6-7-22(17)35-15-30-14-32-35/h5-8,11-12,14-16,21,23,33H,3-4,9-10,13H2,1-2H3,(H,31,36)/t21-,23-/m0/s1. The number of amides is 2. The lowest BCUT2D eigenvalue weighted by atomic mass is 10.0.